The van der Waals surface area contributed by atoms with Crippen LogP contribution >= 0.6 is 11.6 Å². The first-order valence-electron chi connectivity index (χ1n) is 12.4. The number of urea groups is 1. The number of amides is 5. The monoisotopic (exact) mass is 524 g/mol. The molecular weight excluding hydrogens is 496 g/mol. The minimum absolute atomic E-state index is 0.0510. The number of nitrogens with zero attached hydrogens (tertiary/aromatic N) is 2. The molecule has 2 fully saturated rings. The van der Waals surface area contributed by atoms with Gasteiger partial charge in [0.2, 0.25) is 11.5 Å². The lowest BCUT2D eigenvalue weighted by Gasteiger charge is -2.31. The summed E-state index contributed by atoms with van der Waals surface area (Å²) in [6.07, 6.45) is 2.03. The maximum Gasteiger partial charge on any atom is 0.418 e. The van der Waals surface area contributed by atoms with Gasteiger partial charge in [-0.3, -0.25) is 9.59 Å². The van der Waals surface area contributed by atoms with Crippen molar-refractivity contribution >= 4 is 41.2 Å². The second-order valence-corrected chi connectivity index (χ2v) is 10.3. The molecule has 5 amide bonds. The maximum atomic E-state index is 13.6. The average molecular weight is 525 g/mol. The molecule has 5 rings (SSSR count). The molecule has 9 nitrogen and oxygen atoms in total. The van der Waals surface area contributed by atoms with Gasteiger partial charge < -0.3 is 20.3 Å². The zero-order valence-electron chi connectivity index (χ0n) is 20.8. The molecule has 2 aromatic rings. The van der Waals surface area contributed by atoms with E-state index in [1.54, 1.807) is 29.2 Å². The van der Waals surface area contributed by atoms with Gasteiger partial charge >= 0.3 is 12.1 Å². The zero-order valence-corrected chi connectivity index (χ0v) is 21.5. The molecule has 1 aliphatic heterocycles. The van der Waals surface area contributed by atoms with Crippen molar-refractivity contribution < 1.29 is 23.9 Å². The largest absolute Gasteiger partial charge is 0.427 e. The van der Waals surface area contributed by atoms with Crippen LogP contribution in [0, 0.1) is 5.92 Å². The Morgan fingerprint density at radius 2 is 1.97 bits per heavy atom. The number of halogens is 1. The Kier molecular flexibility index (Phi) is 6.58. The van der Waals surface area contributed by atoms with Crippen LogP contribution in [0.25, 0.3) is 0 Å². The quantitative estimate of drug-likeness (QED) is 0.568. The summed E-state index contributed by atoms with van der Waals surface area (Å²) < 4.78 is 5.69. The molecule has 1 heterocycles. The van der Waals surface area contributed by atoms with Crippen LogP contribution in [0.3, 0.4) is 0 Å². The number of hydrogen-bond donors (Lipinski definition) is 2. The predicted molar refractivity (Wildman–Crippen MR) is 137 cm³/mol. The molecular formula is C27H29ClN4O5. The topological polar surface area (TPSA) is 108 Å². The molecule has 0 unspecified atom stereocenters. The van der Waals surface area contributed by atoms with E-state index in [-0.39, 0.29) is 24.4 Å². The third-order valence-electron chi connectivity index (χ3n) is 7.55. The van der Waals surface area contributed by atoms with E-state index in [0.29, 0.717) is 35.2 Å². The summed E-state index contributed by atoms with van der Waals surface area (Å²) >= 11 is 6.36. The Labute approximate surface area is 220 Å². The first-order valence-corrected chi connectivity index (χ1v) is 12.8. The van der Waals surface area contributed by atoms with Gasteiger partial charge in [-0.2, -0.15) is 0 Å². The minimum Gasteiger partial charge on any atom is -0.427 e. The van der Waals surface area contributed by atoms with E-state index in [2.05, 4.69) is 10.6 Å². The van der Waals surface area contributed by atoms with Crippen molar-refractivity contribution in [2.24, 2.45) is 5.92 Å². The van der Waals surface area contributed by atoms with Gasteiger partial charge in [-0.15, -0.1) is 0 Å². The molecule has 1 saturated carbocycles. The number of aryl methyl sites for hydroxylation is 1. The Balaban J connectivity index is 1.36. The van der Waals surface area contributed by atoms with Crippen molar-refractivity contribution in [1.82, 2.24) is 15.1 Å². The number of ether oxygens (including phenoxy) is 1. The fourth-order valence-corrected chi connectivity index (χ4v) is 5.45. The Morgan fingerprint density at radius 1 is 1.22 bits per heavy atom. The molecule has 2 atom stereocenters. The Hall–Kier alpha value is -3.59. The fraction of sp³-hybridized carbons (Fsp3) is 0.407. The number of carbonyl (C=O) groups is 4. The van der Waals surface area contributed by atoms with Gasteiger partial charge in [0.05, 0.1) is 0 Å². The third kappa shape index (κ3) is 4.64. The standard InChI is InChI=1S/C27H29ClN4O5/c1-16(17-7-8-17)31(14-19-5-3-4-6-22(19)28)23(33)15-32-24(34)27(37-26(32)36)12-11-18-13-20(9-10-21(18)27)30-25(35)29-2/h3-6,9-10,13,16-17H,7-8,11-12,14-15H2,1-2H3,(H2,29,30,35)/t16-,27+/m0/s1. The number of fused-ring (bicyclic) bond motifs is 2. The summed E-state index contributed by atoms with van der Waals surface area (Å²) in [4.78, 5) is 54.4. The molecule has 0 radical (unpaired) electrons. The number of anilines is 1. The van der Waals surface area contributed by atoms with Gasteiger partial charge in [-0.05, 0) is 61.4 Å². The molecule has 2 N–H and O–H groups in total. The summed E-state index contributed by atoms with van der Waals surface area (Å²) in [7, 11) is 1.52. The first-order chi connectivity index (χ1) is 17.7. The second kappa shape index (κ2) is 9.70. The third-order valence-corrected chi connectivity index (χ3v) is 7.92. The number of carbonyl (C=O) groups excluding carboxylic acids is 4. The number of imide groups is 1. The highest BCUT2D eigenvalue weighted by Crippen LogP contribution is 2.46. The molecule has 2 aromatic carbocycles. The average Bonchev–Trinajstić information content (AvgIpc) is 3.64. The number of nitrogens with one attached hydrogen (secondary N) is 2. The van der Waals surface area contributed by atoms with Crippen LogP contribution in [0.1, 0.15) is 42.9 Å². The fourth-order valence-electron chi connectivity index (χ4n) is 5.25. The van der Waals surface area contributed by atoms with Gasteiger partial charge in [-0.25, -0.2) is 14.5 Å². The number of hydrogen-bond acceptors (Lipinski definition) is 5. The normalized spacial score (nSPS) is 21.0. The van der Waals surface area contributed by atoms with Crippen LogP contribution in [0.4, 0.5) is 15.3 Å². The lowest BCUT2D eigenvalue weighted by Crippen LogP contribution is -2.47. The van der Waals surface area contributed by atoms with Crippen LogP contribution in [-0.2, 0) is 32.9 Å². The molecule has 0 bridgehead atoms. The highest BCUT2D eigenvalue weighted by Gasteiger charge is 2.58. The van der Waals surface area contributed by atoms with Gasteiger partial charge in [0.1, 0.15) is 6.54 Å². The SMILES string of the molecule is CNC(=O)Nc1ccc2c(c1)CC[C@@]21OC(=O)N(CC(=O)N(Cc2ccccc2Cl)[C@@H](C)C2CC2)C1=O. The van der Waals surface area contributed by atoms with E-state index in [0.717, 1.165) is 28.9 Å². The lowest BCUT2D eigenvalue weighted by atomic mass is 9.94. The van der Waals surface area contributed by atoms with Crippen LogP contribution < -0.4 is 10.6 Å². The highest BCUT2D eigenvalue weighted by molar-refractivity contribution is 6.31. The van der Waals surface area contributed by atoms with E-state index >= 15 is 0 Å². The summed E-state index contributed by atoms with van der Waals surface area (Å²) in [5.41, 5.74) is 1.33. The lowest BCUT2D eigenvalue weighted by molar-refractivity contribution is -0.143. The van der Waals surface area contributed by atoms with Gasteiger partial charge in [0.15, 0.2) is 0 Å². The first kappa shape index (κ1) is 25.1. The minimum atomic E-state index is -1.45. The van der Waals surface area contributed by atoms with Crippen LogP contribution in [0.15, 0.2) is 42.5 Å². The molecule has 1 saturated heterocycles. The van der Waals surface area contributed by atoms with Crippen molar-refractivity contribution in [2.75, 3.05) is 18.9 Å². The van der Waals surface area contributed by atoms with E-state index < -0.39 is 24.1 Å². The van der Waals surface area contributed by atoms with Crippen molar-refractivity contribution in [3.63, 3.8) is 0 Å². The highest BCUT2D eigenvalue weighted by atomic mass is 35.5. The summed E-state index contributed by atoms with van der Waals surface area (Å²) in [5.74, 6) is -0.475. The maximum absolute atomic E-state index is 13.6. The Bertz CT molecular complexity index is 1280. The number of benzene rings is 2. The van der Waals surface area contributed by atoms with Gasteiger partial charge in [0, 0.05) is 42.3 Å². The second-order valence-electron chi connectivity index (χ2n) is 9.85. The van der Waals surface area contributed by atoms with Crippen molar-refractivity contribution in [2.45, 2.75) is 50.8 Å². The predicted octanol–water partition coefficient (Wildman–Crippen LogP) is 4.04. The van der Waals surface area contributed by atoms with E-state index in [1.165, 1.54) is 7.05 Å². The van der Waals surface area contributed by atoms with Crippen LogP contribution in [0.2, 0.25) is 5.02 Å². The van der Waals surface area contributed by atoms with E-state index in [9.17, 15) is 19.2 Å². The molecule has 0 aromatic heterocycles. The molecule has 2 aliphatic carbocycles. The van der Waals surface area contributed by atoms with Crippen molar-refractivity contribution in [3.8, 4) is 0 Å². The van der Waals surface area contributed by atoms with Gasteiger partial charge in [0.25, 0.3) is 5.91 Å². The number of rotatable bonds is 7. The van der Waals surface area contributed by atoms with Gasteiger partial charge in [-0.1, -0.05) is 35.9 Å². The molecule has 10 heteroatoms. The van der Waals surface area contributed by atoms with Crippen LogP contribution in [0.5, 0.6) is 0 Å². The zero-order chi connectivity index (χ0) is 26.3. The molecule has 37 heavy (non-hydrogen) atoms. The molecule has 1 spiro atoms. The molecule has 194 valence electrons. The summed E-state index contributed by atoms with van der Waals surface area (Å²) in [6.45, 7) is 1.89. The summed E-state index contributed by atoms with van der Waals surface area (Å²) in [5, 5.41) is 5.75. The smallest absolute Gasteiger partial charge is 0.418 e. The summed E-state index contributed by atoms with van der Waals surface area (Å²) in [6, 6.07) is 12.1. The van der Waals surface area contributed by atoms with Crippen molar-refractivity contribution in [1.29, 1.82) is 0 Å². The van der Waals surface area contributed by atoms with E-state index in [1.807, 2.05) is 25.1 Å². The molecule has 3 aliphatic rings. The van der Waals surface area contributed by atoms with E-state index in [4.69, 9.17) is 16.3 Å². The Morgan fingerprint density at radius 3 is 2.68 bits per heavy atom. The van der Waals surface area contributed by atoms with Crippen LogP contribution in [-0.4, -0.2) is 53.4 Å². The van der Waals surface area contributed by atoms with Crippen molar-refractivity contribution in [3.05, 3.63) is 64.2 Å².